The Kier molecular flexibility index (Phi) is 3.57. The van der Waals surface area contributed by atoms with Crippen molar-refractivity contribution in [2.45, 2.75) is 38.3 Å². The van der Waals surface area contributed by atoms with E-state index in [2.05, 4.69) is 0 Å². The summed E-state index contributed by atoms with van der Waals surface area (Å²) in [4.78, 5) is 27.8. The largest absolute Gasteiger partial charge is 0.480 e. The number of rotatable bonds is 3. The summed E-state index contributed by atoms with van der Waals surface area (Å²) in [6.07, 6.45) is 2.54. The molecule has 0 radical (unpaired) electrons. The smallest absolute Gasteiger partial charge is 0.326 e. The topological polar surface area (TPSA) is 60.9 Å². The van der Waals surface area contributed by atoms with Gasteiger partial charge in [0.05, 0.1) is 0 Å². The van der Waals surface area contributed by atoms with E-state index in [1.54, 1.807) is 4.90 Å². The predicted octanol–water partition coefficient (Wildman–Crippen LogP) is 1.51. The van der Waals surface area contributed by atoms with Crippen LogP contribution in [0, 0.1) is 0 Å². The minimum absolute atomic E-state index is 0.0375. The number of carbonyl (C=O) groups excluding carboxylic acids is 1. The number of hydrogen-bond acceptors (Lipinski definition) is 3. The molecule has 1 aromatic rings. The molecule has 2 atom stereocenters. The maximum absolute atomic E-state index is 12.6. The molecule has 0 aliphatic carbocycles. The van der Waals surface area contributed by atoms with Crippen LogP contribution in [0.15, 0.2) is 24.3 Å². The van der Waals surface area contributed by atoms with Gasteiger partial charge in [-0.2, -0.15) is 0 Å². The average molecular weight is 288 g/mol. The number of aliphatic carboxylic acids is 1. The van der Waals surface area contributed by atoms with Crippen molar-refractivity contribution in [2.24, 2.45) is 0 Å². The van der Waals surface area contributed by atoms with E-state index in [1.807, 2.05) is 36.1 Å². The molecule has 2 aliphatic heterocycles. The van der Waals surface area contributed by atoms with Gasteiger partial charge in [0.25, 0.3) is 0 Å². The number of carbonyl (C=O) groups is 2. The Balaban J connectivity index is 1.89. The molecular weight excluding hydrogens is 268 g/mol. The minimum Gasteiger partial charge on any atom is -0.480 e. The molecule has 2 unspecified atom stereocenters. The molecule has 1 saturated heterocycles. The summed E-state index contributed by atoms with van der Waals surface area (Å²) in [6, 6.07) is 6.57. The first kappa shape index (κ1) is 13.9. The zero-order chi connectivity index (χ0) is 15.0. The predicted molar refractivity (Wildman–Crippen MR) is 79.3 cm³/mol. The van der Waals surface area contributed by atoms with Crippen LogP contribution in [-0.2, 0) is 16.0 Å². The summed E-state index contributed by atoms with van der Waals surface area (Å²) in [5.41, 5.74) is 1.89. The van der Waals surface area contributed by atoms with Crippen LogP contribution in [-0.4, -0.2) is 47.1 Å². The second kappa shape index (κ2) is 5.39. The molecule has 1 N–H and O–H groups in total. The Bertz CT molecular complexity index is 566. The second-order valence-electron chi connectivity index (χ2n) is 5.80. The van der Waals surface area contributed by atoms with E-state index in [0.29, 0.717) is 6.42 Å². The van der Waals surface area contributed by atoms with Crippen molar-refractivity contribution in [1.29, 1.82) is 0 Å². The average Bonchev–Trinajstić information content (AvgIpc) is 3.12. The van der Waals surface area contributed by atoms with Crippen LogP contribution >= 0.6 is 0 Å². The van der Waals surface area contributed by atoms with Gasteiger partial charge in [-0.3, -0.25) is 4.79 Å². The first-order chi connectivity index (χ1) is 10.1. The summed E-state index contributed by atoms with van der Waals surface area (Å²) in [5, 5.41) is 9.49. The zero-order valence-corrected chi connectivity index (χ0v) is 12.2. The molecule has 112 valence electrons. The van der Waals surface area contributed by atoms with E-state index in [-0.39, 0.29) is 5.91 Å². The maximum Gasteiger partial charge on any atom is 0.326 e. The van der Waals surface area contributed by atoms with Crippen molar-refractivity contribution < 1.29 is 14.7 Å². The molecule has 1 fully saturated rings. The van der Waals surface area contributed by atoms with E-state index in [4.69, 9.17) is 0 Å². The van der Waals surface area contributed by atoms with Crippen molar-refractivity contribution in [1.82, 2.24) is 4.90 Å². The quantitative estimate of drug-likeness (QED) is 0.916. The molecule has 1 aromatic carbocycles. The number of fused-ring (bicyclic) bond motifs is 1. The molecule has 0 bridgehead atoms. The van der Waals surface area contributed by atoms with Crippen LogP contribution in [0.3, 0.4) is 0 Å². The van der Waals surface area contributed by atoms with Gasteiger partial charge < -0.3 is 14.9 Å². The number of amides is 1. The molecule has 1 amide bonds. The lowest BCUT2D eigenvalue weighted by Gasteiger charge is -2.33. The van der Waals surface area contributed by atoms with Crippen molar-refractivity contribution in [2.75, 3.05) is 18.0 Å². The van der Waals surface area contributed by atoms with Crippen LogP contribution in [0.5, 0.6) is 0 Å². The van der Waals surface area contributed by atoms with E-state index < -0.39 is 18.1 Å². The van der Waals surface area contributed by atoms with Crippen LogP contribution in [0.1, 0.15) is 25.3 Å². The first-order valence-corrected chi connectivity index (χ1v) is 7.47. The highest BCUT2D eigenvalue weighted by Gasteiger charge is 2.40. The van der Waals surface area contributed by atoms with Gasteiger partial charge in [0.1, 0.15) is 12.1 Å². The van der Waals surface area contributed by atoms with E-state index in [9.17, 15) is 14.7 Å². The molecule has 0 saturated carbocycles. The Morgan fingerprint density at radius 2 is 1.90 bits per heavy atom. The number of likely N-dealkylation sites (tertiary alicyclic amines) is 1. The first-order valence-electron chi connectivity index (χ1n) is 7.47. The standard InChI is InChI=1S/C16H20N2O3/c1-11(15(19)17-8-4-5-9-17)18-13-7-3-2-6-12(13)10-14(18)16(20)21/h2-3,6-7,11,14H,4-5,8-10H2,1H3,(H,20,21). The van der Waals surface area contributed by atoms with Gasteiger partial charge in [0.15, 0.2) is 0 Å². The number of hydrogen-bond donors (Lipinski definition) is 1. The third kappa shape index (κ3) is 2.37. The van der Waals surface area contributed by atoms with Gasteiger partial charge in [0.2, 0.25) is 5.91 Å². The number of carboxylic acid groups (broad SMARTS) is 1. The fourth-order valence-corrected chi connectivity index (χ4v) is 3.42. The fraction of sp³-hybridized carbons (Fsp3) is 0.500. The number of anilines is 1. The molecule has 5 heteroatoms. The molecule has 2 aliphatic rings. The summed E-state index contributed by atoms with van der Waals surface area (Å²) in [6.45, 7) is 3.39. The molecular formula is C16H20N2O3. The Morgan fingerprint density at radius 1 is 1.24 bits per heavy atom. The molecule has 5 nitrogen and oxygen atoms in total. The van der Waals surface area contributed by atoms with Crippen molar-refractivity contribution in [3.63, 3.8) is 0 Å². The van der Waals surface area contributed by atoms with Crippen molar-refractivity contribution in [3.05, 3.63) is 29.8 Å². The molecule has 3 rings (SSSR count). The Morgan fingerprint density at radius 3 is 2.57 bits per heavy atom. The highest BCUT2D eigenvalue weighted by atomic mass is 16.4. The summed E-state index contributed by atoms with van der Waals surface area (Å²) in [7, 11) is 0. The summed E-state index contributed by atoms with van der Waals surface area (Å²) in [5.74, 6) is -0.831. The van der Waals surface area contributed by atoms with Gasteiger partial charge in [0, 0.05) is 25.2 Å². The molecule has 0 spiro atoms. The number of carboxylic acids is 1. The van der Waals surface area contributed by atoms with Crippen LogP contribution in [0.2, 0.25) is 0 Å². The van der Waals surface area contributed by atoms with E-state index >= 15 is 0 Å². The lowest BCUT2D eigenvalue weighted by atomic mass is 10.1. The number of nitrogens with zero attached hydrogens (tertiary/aromatic N) is 2. The zero-order valence-electron chi connectivity index (χ0n) is 12.2. The highest BCUT2D eigenvalue weighted by molar-refractivity contribution is 5.90. The third-order valence-corrected chi connectivity index (χ3v) is 4.50. The highest BCUT2D eigenvalue weighted by Crippen LogP contribution is 2.34. The number of para-hydroxylation sites is 1. The molecule has 21 heavy (non-hydrogen) atoms. The normalized spacial score (nSPS) is 22.2. The van der Waals surface area contributed by atoms with Gasteiger partial charge in [-0.1, -0.05) is 18.2 Å². The molecule has 2 heterocycles. The van der Waals surface area contributed by atoms with Gasteiger partial charge in [-0.15, -0.1) is 0 Å². The van der Waals surface area contributed by atoms with Gasteiger partial charge >= 0.3 is 5.97 Å². The van der Waals surface area contributed by atoms with E-state index in [0.717, 1.165) is 37.2 Å². The third-order valence-electron chi connectivity index (χ3n) is 4.50. The second-order valence-corrected chi connectivity index (χ2v) is 5.80. The van der Waals surface area contributed by atoms with Crippen molar-refractivity contribution in [3.8, 4) is 0 Å². The van der Waals surface area contributed by atoms with Crippen LogP contribution < -0.4 is 4.90 Å². The Labute approximate surface area is 124 Å². The summed E-state index contributed by atoms with van der Waals surface area (Å²) < 4.78 is 0. The maximum atomic E-state index is 12.6. The Hall–Kier alpha value is -2.04. The summed E-state index contributed by atoms with van der Waals surface area (Å²) >= 11 is 0. The monoisotopic (exact) mass is 288 g/mol. The fourth-order valence-electron chi connectivity index (χ4n) is 3.42. The van der Waals surface area contributed by atoms with E-state index in [1.165, 1.54) is 0 Å². The van der Waals surface area contributed by atoms with Crippen molar-refractivity contribution >= 4 is 17.6 Å². The molecule has 0 aromatic heterocycles. The lowest BCUT2D eigenvalue weighted by Crippen LogP contribution is -2.51. The van der Waals surface area contributed by atoms with Crippen LogP contribution in [0.25, 0.3) is 0 Å². The van der Waals surface area contributed by atoms with Gasteiger partial charge in [-0.25, -0.2) is 4.79 Å². The minimum atomic E-state index is -0.868. The SMILES string of the molecule is CC(C(=O)N1CCCC1)N1c2ccccc2CC1C(=O)O. The number of benzene rings is 1. The lowest BCUT2D eigenvalue weighted by molar-refractivity contribution is -0.138. The van der Waals surface area contributed by atoms with Gasteiger partial charge in [-0.05, 0) is 31.4 Å². The van der Waals surface area contributed by atoms with Crippen LogP contribution in [0.4, 0.5) is 5.69 Å².